The Bertz CT molecular complexity index is 367. The van der Waals surface area contributed by atoms with Crippen LogP contribution < -0.4 is 5.32 Å². The molecule has 0 saturated carbocycles. The highest BCUT2D eigenvalue weighted by Crippen LogP contribution is 2.10. The minimum Gasteiger partial charge on any atom is -0.480 e. The Morgan fingerprint density at radius 3 is 2.88 bits per heavy atom. The van der Waals surface area contributed by atoms with Crippen LogP contribution in [0.25, 0.3) is 0 Å². The molecule has 1 aliphatic rings. The highest BCUT2D eigenvalue weighted by molar-refractivity contribution is 5.69. The zero-order chi connectivity index (χ0) is 12.1. The zero-order valence-corrected chi connectivity index (χ0v) is 9.80. The van der Waals surface area contributed by atoms with Crippen LogP contribution in [0.5, 0.6) is 0 Å². The topological polar surface area (TPSA) is 52.6 Å². The lowest BCUT2D eigenvalue weighted by Crippen LogP contribution is -2.53. The molecular formula is C13H18N2O2. The highest BCUT2D eigenvalue weighted by atomic mass is 16.4. The second-order valence-corrected chi connectivity index (χ2v) is 4.41. The largest absolute Gasteiger partial charge is 0.480 e. The van der Waals surface area contributed by atoms with Gasteiger partial charge in [0.25, 0.3) is 0 Å². The second kappa shape index (κ2) is 5.80. The van der Waals surface area contributed by atoms with Gasteiger partial charge in [0.15, 0.2) is 0 Å². The Morgan fingerprint density at radius 1 is 1.41 bits per heavy atom. The summed E-state index contributed by atoms with van der Waals surface area (Å²) in [5.41, 5.74) is 1.26. The van der Waals surface area contributed by atoms with Gasteiger partial charge in [-0.2, -0.15) is 0 Å². The molecule has 0 amide bonds. The van der Waals surface area contributed by atoms with Crippen molar-refractivity contribution in [3.05, 3.63) is 35.9 Å². The molecule has 0 radical (unpaired) electrons. The summed E-state index contributed by atoms with van der Waals surface area (Å²) in [6, 6.07) is 10.5. The van der Waals surface area contributed by atoms with E-state index in [-0.39, 0.29) is 12.6 Å². The van der Waals surface area contributed by atoms with E-state index >= 15 is 0 Å². The van der Waals surface area contributed by atoms with Crippen LogP contribution in [0, 0.1) is 0 Å². The molecule has 0 aromatic heterocycles. The van der Waals surface area contributed by atoms with Gasteiger partial charge >= 0.3 is 5.97 Å². The minimum atomic E-state index is -0.745. The van der Waals surface area contributed by atoms with Crippen molar-refractivity contribution in [3.8, 4) is 0 Å². The smallest absolute Gasteiger partial charge is 0.317 e. The molecule has 1 saturated heterocycles. The first-order valence-corrected chi connectivity index (χ1v) is 5.96. The van der Waals surface area contributed by atoms with Crippen molar-refractivity contribution in [2.24, 2.45) is 0 Å². The van der Waals surface area contributed by atoms with Crippen LogP contribution in [0.2, 0.25) is 0 Å². The summed E-state index contributed by atoms with van der Waals surface area (Å²) < 4.78 is 0. The van der Waals surface area contributed by atoms with Crippen LogP contribution in [-0.4, -0.2) is 48.2 Å². The van der Waals surface area contributed by atoms with Gasteiger partial charge in [-0.3, -0.25) is 9.69 Å². The van der Waals surface area contributed by atoms with Crippen LogP contribution in [0.3, 0.4) is 0 Å². The third kappa shape index (κ3) is 3.54. The van der Waals surface area contributed by atoms with Gasteiger partial charge in [-0.1, -0.05) is 30.3 Å². The molecule has 0 aliphatic carbocycles. The van der Waals surface area contributed by atoms with E-state index in [0.29, 0.717) is 0 Å². The van der Waals surface area contributed by atoms with Gasteiger partial charge in [0, 0.05) is 25.7 Å². The van der Waals surface area contributed by atoms with E-state index in [1.807, 2.05) is 23.1 Å². The Morgan fingerprint density at radius 2 is 2.18 bits per heavy atom. The summed E-state index contributed by atoms with van der Waals surface area (Å²) in [6.45, 7) is 2.68. The lowest BCUT2D eigenvalue weighted by molar-refractivity contribution is -0.139. The summed E-state index contributed by atoms with van der Waals surface area (Å²) in [5, 5.41) is 12.2. The summed E-state index contributed by atoms with van der Waals surface area (Å²) in [5.74, 6) is -0.745. The second-order valence-electron chi connectivity index (χ2n) is 4.41. The number of carbonyl (C=O) groups is 1. The predicted molar refractivity (Wildman–Crippen MR) is 66.0 cm³/mol. The molecule has 4 nitrogen and oxygen atoms in total. The maximum atomic E-state index is 10.8. The molecule has 2 rings (SSSR count). The number of carboxylic acids is 1. The van der Waals surface area contributed by atoms with E-state index in [1.165, 1.54) is 5.56 Å². The van der Waals surface area contributed by atoms with Gasteiger partial charge in [0.1, 0.15) is 0 Å². The number of nitrogens with zero attached hydrogens (tertiary/aromatic N) is 1. The Hall–Kier alpha value is -1.39. The molecule has 17 heavy (non-hydrogen) atoms. The molecule has 1 atom stereocenters. The first-order valence-electron chi connectivity index (χ1n) is 5.96. The van der Waals surface area contributed by atoms with Crippen molar-refractivity contribution in [1.29, 1.82) is 0 Å². The molecule has 1 aliphatic heterocycles. The standard InChI is InChI=1S/C13H18N2O2/c16-13(17)10-15-7-6-14-9-12(15)8-11-4-2-1-3-5-11/h1-5,12,14H,6-10H2,(H,16,17)/t12-/m1/s1. The van der Waals surface area contributed by atoms with E-state index in [9.17, 15) is 4.79 Å². The molecule has 1 aromatic rings. The van der Waals surface area contributed by atoms with Gasteiger partial charge in [-0.15, -0.1) is 0 Å². The Labute approximate surface area is 101 Å². The fourth-order valence-electron chi connectivity index (χ4n) is 2.27. The van der Waals surface area contributed by atoms with Crippen LogP contribution in [-0.2, 0) is 11.2 Å². The van der Waals surface area contributed by atoms with Crippen molar-refractivity contribution in [2.75, 3.05) is 26.2 Å². The predicted octanol–water partition coefficient (Wildman–Crippen LogP) is 0.588. The molecule has 0 spiro atoms. The average Bonchev–Trinajstić information content (AvgIpc) is 2.32. The van der Waals surface area contributed by atoms with E-state index in [2.05, 4.69) is 17.4 Å². The summed E-state index contributed by atoms with van der Waals surface area (Å²) in [6.07, 6.45) is 0.904. The van der Waals surface area contributed by atoms with Crippen LogP contribution in [0.4, 0.5) is 0 Å². The number of hydrogen-bond acceptors (Lipinski definition) is 3. The molecule has 0 unspecified atom stereocenters. The highest BCUT2D eigenvalue weighted by Gasteiger charge is 2.23. The van der Waals surface area contributed by atoms with Crippen molar-refractivity contribution >= 4 is 5.97 Å². The van der Waals surface area contributed by atoms with E-state index in [1.54, 1.807) is 0 Å². The Kier molecular flexibility index (Phi) is 4.12. The van der Waals surface area contributed by atoms with E-state index in [4.69, 9.17) is 5.11 Å². The summed E-state index contributed by atoms with van der Waals surface area (Å²) >= 11 is 0. The van der Waals surface area contributed by atoms with E-state index in [0.717, 1.165) is 26.1 Å². The Balaban J connectivity index is 1.99. The van der Waals surface area contributed by atoms with Gasteiger partial charge in [-0.25, -0.2) is 0 Å². The molecule has 1 heterocycles. The molecular weight excluding hydrogens is 216 g/mol. The maximum Gasteiger partial charge on any atom is 0.317 e. The average molecular weight is 234 g/mol. The normalized spacial score (nSPS) is 21.3. The fraction of sp³-hybridized carbons (Fsp3) is 0.462. The SMILES string of the molecule is O=C(O)CN1CCNC[C@H]1Cc1ccccc1. The zero-order valence-electron chi connectivity index (χ0n) is 9.80. The number of aliphatic carboxylic acids is 1. The van der Waals surface area contributed by atoms with Crippen molar-refractivity contribution in [1.82, 2.24) is 10.2 Å². The first-order chi connectivity index (χ1) is 8.25. The molecule has 1 fully saturated rings. The molecule has 1 aromatic carbocycles. The molecule has 0 bridgehead atoms. The lowest BCUT2D eigenvalue weighted by Gasteiger charge is -2.35. The number of hydrogen-bond donors (Lipinski definition) is 2. The number of carboxylic acid groups (broad SMARTS) is 1. The summed E-state index contributed by atoms with van der Waals surface area (Å²) in [4.78, 5) is 12.9. The van der Waals surface area contributed by atoms with Crippen molar-refractivity contribution < 1.29 is 9.90 Å². The van der Waals surface area contributed by atoms with Crippen LogP contribution >= 0.6 is 0 Å². The van der Waals surface area contributed by atoms with Crippen molar-refractivity contribution in [3.63, 3.8) is 0 Å². The van der Waals surface area contributed by atoms with Crippen molar-refractivity contribution in [2.45, 2.75) is 12.5 Å². The van der Waals surface area contributed by atoms with Gasteiger partial charge < -0.3 is 10.4 Å². The first kappa shape index (κ1) is 12.1. The summed E-state index contributed by atoms with van der Waals surface area (Å²) in [7, 11) is 0. The van der Waals surface area contributed by atoms with E-state index < -0.39 is 5.97 Å². The number of piperazine rings is 1. The molecule has 4 heteroatoms. The number of rotatable bonds is 4. The monoisotopic (exact) mass is 234 g/mol. The number of nitrogens with one attached hydrogen (secondary N) is 1. The van der Waals surface area contributed by atoms with Crippen LogP contribution in [0.1, 0.15) is 5.56 Å². The third-order valence-corrected chi connectivity index (χ3v) is 3.12. The van der Waals surface area contributed by atoms with Gasteiger partial charge in [0.2, 0.25) is 0 Å². The van der Waals surface area contributed by atoms with Gasteiger partial charge in [-0.05, 0) is 12.0 Å². The quantitative estimate of drug-likeness (QED) is 0.800. The lowest BCUT2D eigenvalue weighted by atomic mass is 10.0. The molecule has 92 valence electrons. The maximum absolute atomic E-state index is 10.8. The minimum absolute atomic E-state index is 0.138. The van der Waals surface area contributed by atoms with Gasteiger partial charge in [0.05, 0.1) is 6.54 Å². The fourth-order valence-corrected chi connectivity index (χ4v) is 2.27. The molecule has 2 N–H and O–H groups in total. The number of benzene rings is 1. The third-order valence-electron chi connectivity index (χ3n) is 3.12. The van der Waals surface area contributed by atoms with Crippen LogP contribution in [0.15, 0.2) is 30.3 Å².